The molecule has 25 heavy (non-hydrogen) atoms. The number of aromatic nitrogens is 2. The van der Waals surface area contributed by atoms with Crippen LogP contribution in [-0.4, -0.2) is 42.6 Å². The molecule has 0 saturated heterocycles. The summed E-state index contributed by atoms with van der Waals surface area (Å²) in [5, 5.41) is 16.8. The number of allylic oxidation sites excluding steroid dienone is 1. The summed E-state index contributed by atoms with van der Waals surface area (Å²) < 4.78 is 33.5. The summed E-state index contributed by atoms with van der Waals surface area (Å²) in [5.41, 5.74) is 0.199. The fourth-order valence-electron chi connectivity index (χ4n) is 2.20. The maximum Gasteiger partial charge on any atom is 0.334 e. The van der Waals surface area contributed by atoms with Crippen LogP contribution >= 0.6 is 0 Å². The number of carbonyl (C=O) groups excluding carboxylic acids is 1. The van der Waals surface area contributed by atoms with E-state index in [1.807, 2.05) is 18.6 Å². The van der Waals surface area contributed by atoms with Gasteiger partial charge < -0.3 is 15.5 Å². The second-order valence-corrected chi connectivity index (χ2v) is 7.49. The van der Waals surface area contributed by atoms with Crippen LogP contribution in [0.3, 0.4) is 0 Å². The summed E-state index contributed by atoms with van der Waals surface area (Å²) in [7, 11) is -4.14. The maximum atomic E-state index is 12.4. The number of sulfonamides is 1. The van der Waals surface area contributed by atoms with Gasteiger partial charge in [-0.1, -0.05) is 0 Å². The molecule has 2 amide bonds. The first-order chi connectivity index (χ1) is 11.7. The third kappa shape index (κ3) is 4.95. The number of carbonyl (C=O) groups is 1. The van der Waals surface area contributed by atoms with Gasteiger partial charge in [0.1, 0.15) is 5.82 Å². The van der Waals surface area contributed by atoms with Gasteiger partial charge in [-0.05, 0) is 26.8 Å². The molecule has 0 atom stereocenters. The predicted molar refractivity (Wildman–Crippen MR) is 90.9 cm³/mol. The number of fused-ring (bicyclic) bond motifs is 1. The lowest BCUT2D eigenvalue weighted by atomic mass is 10.3. The number of amides is 2. The Balaban J connectivity index is 2.13. The number of urea groups is 1. The molecule has 4 N–H and O–H groups in total. The SMILES string of the molecule is CC(=N)/C=C(/NC(=O)NS(=O)(=O)c1cnn2c1OCCC2)NC(C)C. The molecule has 1 aliphatic rings. The topological polar surface area (TPSA) is 138 Å². The zero-order chi connectivity index (χ0) is 18.6. The van der Waals surface area contributed by atoms with Gasteiger partial charge in [-0.25, -0.2) is 22.6 Å². The Morgan fingerprint density at radius 3 is 2.84 bits per heavy atom. The van der Waals surface area contributed by atoms with E-state index in [4.69, 9.17) is 10.1 Å². The molecule has 0 spiro atoms. The molecule has 1 aromatic rings. The van der Waals surface area contributed by atoms with E-state index in [9.17, 15) is 13.2 Å². The highest BCUT2D eigenvalue weighted by molar-refractivity contribution is 7.90. The molecule has 10 nitrogen and oxygen atoms in total. The minimum Gasteiger partial charge on any atom is -0.477 e. The van der Waals surface area contributed by atoms with Crippen LogP contribution in [0.4, 0.5) is 4.79 Å². The molecule has 0 fully saturated rings. The van der Waals surface area contributed by atoms with E-state index < -0.39 is 16.1 Å². The van der Waals surface area contributed by atoms with Crippen molar-refractivity contribution in [2.45, 2.75) is 44.7 Å². The van der Waals surface area contributed by atoms with Crippen molar-refractivity contribution in [2.24, 2.45) is 0 Å². The fourth-order valence-corrected chi connectivity index (χ4v) is 3.18. The Morgan fingerprint density at radius 1 is 1.48 bits per heavy atom. The number of hydrogen-bond donors (Lipinski definition) is 4. The van der Waals surface area contributed by atoms with E-state index in [1.165, 1.54) is 17.7 Å². The third-order valence-corrected chi connectivity index (χ3v) is 4.40. The monoisotopic (exact) mass is 370 g/mol. The van der Waals surface area contributed by atoms with Gasteiger partial charge in [0, 0.05) is 24.7 Å². The molecule has 1 aliphatic heterocycles. The molecule has 0 aromatic carbocycles. The van der Waals surface area contributed by atoms with Crippen LogP contribution < -0.4 is 20.1 Å². The quantitative estimate of drug-likeness (QED) is 0.539. The minimum absolute atomic E-state index is 0.0152. The van der Waals surface area contributed by atoms with E-state index in [1.54, 1.807) is 0 Å². The van der Waals surface area contributed by atoms with Crippen LogP contribution in [0.2, 0.25) is 0 Å². The van der Waals surface area contributed by atoms with Crippen LogP contribution in [0.25, 0.3) is 0 Å². The van der Waals surface area contributed by atoms with Crippen molar-refractivity contribution < 1.29 is 17.9 Å². The number of hydrogen-bond acceptors (Lipinski definition) is 7. The standard InChI is InChI=1S/C14H22N6O4S/c1-9(2)17-12(7-10(3)15)18-14(21)19-25(22,23)11-8-16-20-5-4-6-24-13(11)20/h7-9,15,17H,4-6H2,1-3H3,(H2,18,19,21)/b12-7+,15-10?. The lowest BCUT2D eigenvalue weighted by Gasteiger charge is -2.17. The maximum absolute atomic E-state index is 12.4. The normalized spacial score (nSPS) is 14.5. The van der Waals surface area contributed by atoms with Crippen molar-refractivity contribution in [2.75, 3.05) is 6.61 Å². The third-order valence-electron chi connectivity index (χ3n) is 3.08. The van der Waals surface area contributed by atoms with Crippen LogP contribution in [0.15, 0.2) is 23.0 Å². The molecule has 0 bridgehead atoms. The average Bonchev–Trinajstić information content (AvgIpc) is 2.89. The lowest BCUT2D eigenvalue weighted by Crippen LogP contribution is -2.43. The molecule has 11 heteroatoms. The zero-order valence-electron chi connectivity index (χ0n) is 14.3. The molecule has 2 heterocycles. The molecule has 0 unspecified atom stereocenters. The van der Waals surface area contributed by atoms with Crippen molar-refractivity contribution in [3.8, 4) is 5.88 Å². The van der Waals surface area contributed by atoms with Crippen molar-refractivity contribution in [1.29, 1.82) is 5.41 Å². The highest BCUT2D eigenvalue weighted by Crippen LogP contribution is 2.26. The van der Waals surface area contributed by atoms with E-state index in [0.29, 0.717) is 13.2 Å². The van der Waals surface area contributed by atoms with Crippen LogP contribution in [0.5, 0.6) is 5.88 Å². The van der Waals surface area contributed by atoms with Gasteiger partial charge in [-0.15, -0.1) is 0 Å². The molecular weight excluding hydrogens is 348 g/mol. The van der Waals surface area contributed by atoms with Crippen LogP contribution in [0, 0.1) is 5.41 Å². The first-order valence-corrected chi connectivity index (χ1v) is 9.23. The highest BCUT2D eigenvalue weighted by Gasteiger charge is 2.28. The molecule has 0 radical (unpaired) electrons. The van der Waals surface area contributed by atoms with E-state index in [2.05, 4.69) is 15.7 Å². The van der Waals surface area contributed by atoms with E-state index in [-0.39, 0.29) is 28.3 Å². The first kappa shape index (κ1) is 18.8. The van der Waals surface area contributed by atoms with E-state index >= 15 is 0 Å². The smallest absolute Gasteiger partial charge is 0.334 e. The predicted octanol–water partition coefficient (Wildman–Crippen LogP) is 0.533. The number of aryl methyl sites for hydroxylation is 1. The largest absolute Gasteiger partial charge is 0.477 e. The molecule has 0 aliphatic carbocycles. The summed E-state index contributed by atoms with van der Waals surface area (Å²) in [4.78, 5) is 11.9. The molecule has 0 saturated carbocycles. The van der Waals surface area contributed by atoms with Crippen molar-refractivity contribution in [3.05, 3.63) is 18.1 Å². The minimum atomic E-state index is -4.14. The summed E-state index contributed by atoms with van der Waals surface area (Å²) in [6.07, 6.45) is 3.28. The molecule has 1 aromatic heterocycles. The van der Waals surface area contributed by atoms with Crippen molar-refractivity contribution in [3.63, 3.8) is 0 Å². The Morgan fingerprint density at radius 2 is 2.20 bits per heavy atom. The van der Waals surface area contributed by atoms with Crippen molar-refractivity contribution >= 4 is 21.8 Å². The van der Waals surface area contributed by atoms with Gasteiger partial charge >= 0.3 is 6.03 Å². The van der Waals surface area contributed by atoms with Gasteiger partial charge in [-0.3, -0.25) is 5.32 Å². The number of ether oxygens (including phenoxy) is 1. The summed E-state index contributed by atoms with van der Waals surface area (Å²) in [6.45, 7) is 6.18. The summed E-state index contributed by atoms with van der Waals surface area (Å²) in [5.74, 6) is 0.349. The van der Waals surface area contributed by atoms with Gasteiger partial charge in [0.25, 0.3) is 10.0 Å². The van der Waals surface area contributed by atoms with E-state index in [0.717, 1.165) is 12.6 Å². The highest BCUT2D eigenvalue weighted by atomic mass is 32.2. The van der Waals surface area contributed by atoms with Crippen LogP contribution in [0.1, 0.15) is 27.2 Å². The first-order valence-electron chi connectivity index (χ1n) is 7.75. The Bertz CT molecular complexity index is 796. The fraction of sp³-hybridized carbons (Fsp3) is 0.500. The number of rotatable bonds is 6. The zero-order valence-corrected chi connectivity index (χ0v) is 15.1. The Kier molecular flexibility index (Phi) is 5.67. The summed E-state index contributed by atoms with van der Waals surface area (Å²) in [6, 6.07) is -0.963. The number of nitrogens with one attached hydrogen (secondary N) is 4. The number of nitrogens with zero attached hydrogens (tertiary/aromatic N) is 2. The van der Waals surface area contributed by atoms with Gasteiger partial charge in [0.05, 0.1) is 12.8 Å². The van der Waals surface area contributed by atoms with Crippen LogP contribution in [-0.2, 0) is 16.6 Å². The van der Waals surface area contributed by atoms with Gasteiger partial charge in [0.2, 0.25) is 5.88 Å². The lowest BCUT2D eigenvalue weighted by molar-refractivity contribution is 0.224. The van der Waals surface area contributed by atoms with Gasteiger partial charge in [0.15, 0.2) is 4.90 Å². The second kappa shape index (κ2) is 7.55. The average molecular weight is 370 g/mol. The Labute approximate surface area is 146 Å². The van der Waals surface area contributed by atoms with Gasteiger partial charge in [-0.2, -0.15) is 5.10 Å². The molecular formula is C14H22N6O4S. The summed E-state index contributed by atoms with van der Waals surface area (Å²) >= 11 is 0. The Hall–Kier alpha value is -2.56. The van der Waals surface area contributed by atoms with Crippen molar-refractivity contribution in [1.82, 2.24) is 25.1 Å². The molecule has 2 rings (SSSR count). The molecule has 138 valence electrons. The second-order valence-electron chi connectivity index (χ2n) is 5.84.